The molecule has 0 amide bonds. The minimum atomic E-state index is -2.59. The fourth-order valence-corrected chi connectivity index (χ4v) is 3.95. The number of halogens is 2. The highest BCUT2D eigenvalue weighted by Gasteiger charge is 2.57. The quantitative estimate of drug-likeness (QED) is 0.873. The average Bonchev–Trinajstić information content (AvgIpc) is 3.16. The molecule has 0 bridgehead atoms. The molecular weight excluding hydrogens is 312 g/mol. The Kier molecular flexibility index (Phi) is 3.30. The maximum atomic E-state index is 13.4. The van der Waals surface area contributed by atoms with E-state index in [0.717, 1.165) is 37.8 Å². The van der Waals surface area contributed by atoms with Crippen LogP contribution in [0.3, 0.4) is 0 Å². The number of guanidine groups is 2. The van der Waals surface area contributed by atoms with Gasteiger partial charge in [0.1, 0.15) is 5.66 Å². The number of alkyl halides is 2. The van der Waals surface area contributed by atoms with Crippen LogP contribution in [0, 0.1) is 0 Å². The standard InChI is InChI=1S/C17H21F2N5/c18-17(19)10-13(17)11-5-4-6-12(9-11)24-15(21)22-14(20)23-16(24)7-2-1-3-8-16/h4-6,9,13H,1-3,7-8,10H2,(H4,20,21,22,23). The summed E-state index contributed by atoms with van der Waals surface area (Å²) in [5.74, 6) is -2.82. The van der Waals surface area contributed by atoms with Crippen LogP contribution in [-0.2, 0) is 0 Å². The van der Waals surface area contributed by atoms with Gasteiger partial charge in [-0.25, -0.2) is 13.8 Å². The SMILES string of the molecule is NC1=NC2(CCCCC2)N(c2cccc(C3CC3(F)F)c2)C(N)=N1. The van der Waals surface area contributed by atoms with E-state index in [4.69, 9.17) is 11.5 Å². The van der Waals surface area contributed by atoms with Gasteiger partial charge in [0.25, 0.3) is 5.92 Å². The van der Waals surface area contributed by atoms with E-state index in [2.05, 4.69) is 9.98 Å². The molecule has 7 heteroatoms. The van der Waals surface area contributed by atoms with E-state index >= 15 is 0 Å². The minimum Gasteiger partial charge on any atom is -0.369 e. The molecule has 3 aliphatic rings. The number of nitrogens with two attached hydrogens (primary N) is 2. The van der Waals surface area contributed by atoms with Crippen LogP contribution in [0.1, 0.15) is 50.0 Å². The summed E-state index contributed by atoms with van der Waals surface area (Å²) in [5, 5.41) is 0. The fourth-order valence-electron chi connectivity index (χ4n) is 3.95. The van der Waals surface area contributed by atoms with Gasteiger partial charge in [-0.3, -0.25) is 4.90 Å². The van der Waals surface area contributed by atoms with Gasteiger partial charge in [-0.05, 0) is 43.4 Å². The first-order valence-electron chi connectivity index (χ1n) is 8.39. The molecule has 1 heterocycles. The molecule has 4 rings (SSSR count). The van der Waals surface area contributed by atoms with E-state index in [0.29, 0.717) is 5.56 Å². The molecule has 1 aliphatic heterocycles. The molecule has 1 atom stereocenters. The largest absolute Gasteiger partial charge is 0.369 e. The van der Waals surface area contributed by atoms with E-state index in [9.17, 15) is 8.78 Å². The van der Waals surface area contributed by atoms with Crippen LogP contribution in [-0.4, -0.2) is 23.5 Å². The van der Waals surface area contributed by atoms with Gasteiger partial charge in [-0.15, -0.1) is 0 Å². The fraction of sp³-hybridized carbons (Fsp3) is 0.529. The van der Waals surface area contributed by atoms with Gasteiger partial charge in [0, 0.05) is 12.1 Å². The Hall–Kier alpha value is -2.18. The lowest BCUT2D eigenvalue weighted by atomic mass is 9.87. The Bertz CT molecular complexity index is 721. The number of nitrogens with zero attached hydrogens (tertiary/aromatic N) is 3. The molecule has 5 nitrogen and oxygen atoms in total. The lowest BCUT2D eigenvalue weighted by molar-refractivity contribution is 0.112. The third-order valence-electron chi connectivity index (χ3n) is 5.21. The Labute approximate surface area is 139 Å². The molecule has 4 N–H and O–H groups in total. The summed E-state index contributed by atoms with van der Waals surface area (Å²) >= 11 is 0. The second-order valence-electron chi connectivity index (χ2n) is 6.93. The van der Waals surface area contributed by atoms with Crippen LogP contribution in [0.25, 0.3) is 0 Å². The summed E-state index contributed by atoms with van der Waals surface area (Å²) in [4.78, 5) is 10.6. The first-order chi connectivity index (χ1) is 11.4. The van der Waals surface area contributed by atoms with Crippen molar-refractivity contribution in [1.82, 2.24) is 0 Å². The minimum absolute atomic E-state index is 0.0870. The smallest absolute Gasteiger partial charge is 0.255 e. The lowest BCUT2D eigenvalue weighted by Crippen LogP contribution is -2.58. The normalized spacial score (nSPS) is 27.6. The number of benzene rings is 1. The van der Waals surface area contributed by atoms with Crippen molar-refractivity contribution in [3.63, 3.8) is 0 Å². The highest BCUT2D eigenvalue weighted by Crippen LogP contribution is 2.56. The zero-order chi connectivity index (χ0) is 16.9. The zero-order valence-electron chi connectivity index (χ0n) is 13.4. The predicted octanol–water partition coefficient (Wildman–Crippen LogP) is 2.92. The monoisotopic (exact) mass is 333 g/mol. The molecule has 1 aromatic carbocycles. The second kappa shape index (κ2) is 5.16. The van der Waals surface area contributed by atoms with Crippen LogP contribution in [0.15, 0.2) is 34.3 Å². The second-order valence-corrected chi connectivity index (χ2v) is 6.93. The molecule has 2 fully saturated rings. The average molecular weight is 333 g/mol. The number of rotatable bonds is 2. The van der Waals surface area contributed by atoms with Gasteiger partial charge in [0.2, 0.25) is 11.9 Å². The Balaban J connectivity index is 1.73. The Morgan fingerprint density at radius 3 is 2.50 bits per heavy atom. The maximum absolute atomic E-state index is 13.4. The third kappa shape index (κ3) is 2.42. The van der Waals surface area contributed by atoms with Crippen molar-refractivity contribution < 1.29 is 8.78 Å². The first-order valence-corrected chi connectivity index (χ1v) is 8.39. The number of anilines is 1. The molecule has 2 saturated carbocycles. The highest BCUT2D eigenvalue weighted by molar-refractivity contribution is 6.05. The molecule has 1 spiro atoms. The molecule has 128 valence electrons. The molecule has 1 unspecified atom stereocenters. The lowest BCUT2D eigenvalue weighted by Gasteiger charge is -2.45. The van der Waals surface area contributed by atoms with Gasteiger partial charge in [-0.2, -0.15) is 4.99 Å². The van der Waals surface area contributed by atoms with E-state index in [1.54, 1.807) is 18.2 Å². The van der Waals surface area contributed by atoms with Gasteiger partial charge in [0.15, 0.2) is 0 Å². The van der Waals surface area contributed by atoms with Gasteiger partial charge in [0.05, 0.1) is 5.92 Å². The van der Waals surface area contributed by atoms with Crippen molar-refractivity contribution in [2.24, 2.45) is 21.5 Å². The van der Waals surface area contributed by atoms with E-state index in [1.165, 1.54) is 0 Å². The van der Waals surface area contributed by atoms with Crippen LogP contribution < -0.4 is 16.4 Å². The van der Waals surface area contributed by atoms with Gasteiger partial charge in [-0.1, -0.05) is 18.6 Å². The summed E-state index contributed by atoms with van der Waals surface area (Å²) in [7, 11) is 0. The van der Waals surface area contributed by atoms with Crippen molar-refractivity contribution in [3.8, 4) is 0 Å². The maximum Gasteiger partial charge on any atom is 0.255 e. The van der Waals surface area contributed by atoms with Crippen LogP contribution in [0.2, 0.25) is 0 Å². The number of hydrogen-bond donors (Lipinski definition) is 2. The topological polar surface area (TPSA) is 80.0 Å². The number of aliphatic imine (C=N–C) groups is 2. The van der Waals surface area contributed by atoms with Crippen LogP contribution >= 0.6 is 0 Å². The van der Waals surface area contributed by atoms with Crippen molar-refractivity contribution in [2.45, 2.75) is 56.0 Å². The molecule has 0 radical (unpaired) electrons. The Morgan fingerprint density at radius 1 is 1.12 bits per heavy atom. The molecule has 0 saturated heterocycles. The van der Waals surface area contributed by atoms with Crippen molar-refractivity contribution in [1.29, 1.82) is 0 Å². The molecule has 1 aromatic rings. The summed E-state index contributed by atoms with van der Waals surface area (Å²) in [6, 6.07) is 7.21. The molecule has 24 heavy (non-hydrogen) atoms. The molecule has 0 aromatic heterocycles. The van der Waals surface area contributed by atoms with Crippen LogP contribution in [0.4, 0.5) is 14.5 Å². The van der Waals surface area contributed by atoms with Crippen molar-refractivity contribution >= 4 is 17.6 Å². The van der Waals surface area contributed by atoms with Gasteiger partial charge < -0.3 is 11.5 Å². The highest BCUT2D eigenvalue weighted by atomic mass is 19.3. The Morgan fingerprint density at radius 2 is 1.83 bits per heavy atom. The third-order valence-corrected chi connectivity index (χ3v) is 5.21. The van der Waals surface area contributed by atoms with Crippen molar-refractivity contribution in [3.05, 3.63) is 29.8 Å². The summed E-state index contributed by atoms with van der Waals surface area (Å²) in [5.41, 5.74) is 12.9. The summed E-state index contributed by atoms with van der Waals surface area (Å²) < 4.78 is 26.9. The summed E-state index contributed by atoms with van der Waals surface area (Å²) in [6.07, 6.45) is 4.77. The zero-order valence-corrected chi connectivity index (χ0v) is 13.4. The van der Waals surface area contributed by atoms with Crippen LogP contribution in [0.5, 0.6) is 0 Å². The van der Waals surface area contributed by atoms with E-state index in [1.807, 2.05) is 11.0 Å². The molecular formula is C17H21F2N5. The first kappa shape index (κ1) is 15.4. The van der Waals surface area contributed by atoms with E-state index < -0.39 is 17.5 Å². The summed E-state index contributed by atoms with van der Waals surface area (Å²) in [6.45, 7) is 0. The van der Waals surface area contributed by atoms with Gasteiger partial charge >= 0.3 is 0 Å². The van der Waals surface area contributed by atoms with Crippen molar-refractivity contribution in [2.75, 3.05) is 4.90 Å². The number of hydrogen-bond acceptors (Lipinski definition) is 5. The molecule has 2 aliphatic carbocycles. The predicted molar refractivity (Wildman–Crippen MR) is 90.3 cm³/mol. The van der Waals surface area contributed by atoms with E-state index in [-0.39, 0.29) is 18.3 Å².